The first-order chi connectivity index (χ1) is 12.6. The molecule has 0 spiro atoms. The number of hydrogen-bond donors (Lipinski definition) is 1. The molecule has 2 aromatic heterocycles. The highest BCUT2D eigenvalue weighted by Gasteiger charge is 2.24. The van der Waals surface area contributed by atoms with Crippen molar-refractivity contribution in [2.45, 2.75) is 65.5 Å². The van der Waals surface area contributed by atoms with Crippen LogP contribution in [0.5, 0.6) is 0 Å². The molecule has 2 heterocycles. The van der Waals surface area contributed by atoms with E-state index in [0.717, 1.165) is 68.6 Å². The van der Waals surface area contributed by atoms with Crippen LogP contribution in [-0.2, 0) is 24.1 Å². The maximum Gasteiger partial charge on any atom is 0.262 e. The summed E-state index contributed by atoms with van der Waals surface area (Å²) >= 11 is 1.71. The first kappa shape index (κ1) is 19.5. The van der Waals surface area contributed by atoms with E-state index in [4.69, 9.17) is 4.74 Å². The van der Waals surface area contributed by atoms with Crippen LogP contribution in [0.4, 0.5) is 0 Å². The van der Waals surface area contributed by atoms with Crippen LogP contribution < -0.4 is 10.9 Å². The van der Waals surface area contributed by atoms with E-state index in [-0.39, 0.29) is 5.56 Å². The predicted octanol–water partition coefficient (Wildman–Crippen LogP) is 3.38. The molecule has 5 nitrogen and oxygen atoms in total. The summed E-state index contributed by atoms with van der Waals surface area (Å²) in [6.45, 7) is 9.76. The fourth-order valence-corrected chi connectivity index (χ4v) is 4.81. The summed E-state index contributed by atoms with van der Waals surface area (Å²) in [6.07, 6.45) is 6.87. The van der Waals surface area contributed by atoms with Gasteiger partial charge in [-0.25, -0.2) is 4.98 Å². The third-order valence-corrected chi connectivity index (χ3v) is 6.25. The summed E-state index contributed by atoms with van der Waals surface area (Å²) in [5.41, 5.74) is 1.41. The summed E-state index contributed by atoms with van der Waals surface area (Å²) < 4.78 is 7.19. The van der Waals surface area contributed by atoms with Crippen molar-refractivity contribution in [2.75, 3.05) is 19.8 Å². The zero-order valence-electron chi connectivity index (χ0n) is 16.2. The molecule has 3 rings (SSSR count). The summed E-state index contributed by atoms with van der Waals surface area (Å²) in [6, 6.07) is 0.500. The van der Waals surface area contributed by atoms with Gasteiger partial charge in [-0.1, -0.05) is 13.8 Å². The van der Waals surface area contributed by atoms with Gasteiger partial charge in [-0.15, -0.1) is 11.3 Å². The summed E-state index contributed by atoms with van der Waals surface area (Å²) in [4.78, 5) is 19.8. The largest absolute Gasteiger partial charge is 0.382 e. The van der Waals surface area contributed by atoms with Crippen molar-refractivity contribution in [1.82, 2.24) is 14.9 Å². The Hall–Kier alpha value is -1.24. The predicted molar refractivity (Wildman–Crippen MR) is 108 cm³/mol. The number of aromatic nitrogens is 2. The molecule has 0 unspecified atom stereocenters. The first-order valence-electron chi connectivity index (χ1n) is 9.91. The standard InChI is InChI=1S/C20H31N3O2S/c1-4-25-11-5-9-21-15-6-7-16-17(12-15)26-19-18(16)20(24)23(13-22-19)10-8-14(2)3/h13-15,21H,4-12H2,1-3H3/t15-/m1/s1. The highest BCUT2D eigenvalue weighted by atomic mass is 32.1. The number of ether oxygens (including phenoxy) is 1. The van der Waals surface area contributed by atoms with Gasteiger partial charge in [-0.05, 0) is 57.1 Å². The molecule has 1 aliphatic carbocycles. The van der Waals surface area contributed by atoms with Crippen LogP contribution in [0.3, 0.4) is 0 Å². The van der Waals surface area contributed by atoms with Crippen molar-refractivity contribution in [3.63, 3.8) is 0 Å². The molecule has 0 fully saturated rings. The Morgan fingerprint density at radius 2 is 2.31 bits per heavy atom. The monoisotopic (exact) mass is 377 g/mol. The number of fused-ring (bicyclic) bond motifs is 3. The third-order valence-electron chi connectivity index (χ3n) is 5.09. The number of aryl methyl sites for hydroxylation is 2. The zero-order valence-corrected chi connectivity index (χ0v) is 17.0. The summed E-state index contributed by atoms with van der Waals surface area (Å²) in [5.74, 6) is 0.587. The minimum Gasteiger partial charge on any atom is -0.382 e. The second kappa shape index (κ2) is 9.11. The van der Waals surface area contributed by atoms with Crippen LogP contribution in [0.1, 0.15) is 50.5 Å². The van der Waals surface area contributed by atoms with Crippen LogP contribution in [0, 0.1) is 5.92 Å². The minimum atomic E-state index is 0.149. The first-order valence-corrected chi connectivity index (χ1v) is 10.7. The van der Waals surface area contributed by atoms with E-state index in [1.165, 1.54) is 10.4 Å². The van der Waals surface area contributed by atoms with E-state index in [9.17, 15) is 4.79 Å². The lowest BCUT2D eigenvalue weighted by atomic mass is 9.93. The lowest BCUT2D eigenvalue weighted by Crippen LogP contribution is -2.35. The van der Waals surface area contributed by atoms with Crippen molar-refractivity contribution >= 4 is 21.6 Å². The van der Waals surface area contributed by atoms with Gasteiger partial charge in [-0.3, -0.25) is 9.36 Å². The molecule has 0 aliphatic heterocycles. The molecule has 0 saturated carbocycles. The molecule has 2 aromatic rings. The number of thiophene rings is 1. The smallest absolute Gasteiger partial charge is 0.262 e. The molecule has 1 aliphatic rings. The maximum atomic E-state index is 12.9. The Bertz CT molecular complexity index is 781. The van der Waals surface area contributed by atoms with E-state index in [2.05, 4.69) is 24.1 Å². The Labute approximate surface area is 159 Å². The Balaban J connectivity index is 1.70. The highest BCUT2D eigenvalue weighted by Crippen LogP contribution is 2.33. The van der Waals surface area contributed by atoms with E-state index < -0.39 is 0 Å². The lowest BCUT2D eigenvalue weighted by molar-refractivity contribution is 0.144. The van der Waals surface area contributed by atoms with Crippen molar-refractivity contribution in [3.8, 4) is 0 Å². The van der Waals surface area contributed by atoms with Crippen molar-refractivity contribution in [2.24, 2.45) is 5.92 Å². The number of nitrogens with zero attached hydrogens (tertiary/aromatic N) is 2. The van der Waals surface area contributed by atoms with Gasteiger partial charge in [0.15, 0.2) is 0 Å². The van der Waals surface area contributed by atoms with Gasteiger partial charge in [-0.2, -0.15) is 0 Å². The van der Waals surface area contributed by atoms with Crippen molar-refractivity contribution in [3.05, 3.63) is 27.1 Å². The molecular weight excluding hydrogens is 346 g/mol. The Kier molecular flexibility index (Phi) is 6.84. The fraction of sp³-hybridized carbons (Fsp3) is 0.700. The maximum absolute atomic E-state index is 12.9. The van der Waals surface area contributed by atoms with Crippen LogP contribution in [-0.4, -0.2) is 35.4 Å². The zero-order chi connectivity index (χ0) is 18.5. The van der Waals surface area contributed by atoms with Gasteiger partial charge in [0.25, 0.3) is 5.56 Å². The van der Waals surface area contributed by atoms with E-state index in [1.54, 1.807) is 22.2 Å². The third kappa shape index (κ3) is 4.53. The molecule has 6 heteroatoms. The van der Waals surface area contributed by atoms with Crippen LogP contribution >= 0.6 is 11.3 Å². The molecule has 144 valence electrons. The SMILES string of the molecule is CCOCCCN[C@@H]1CCc2c(sc3ncn(CCC(C)C)c(=O)c23)C1. The molecule has 0 radical (unpaired) electrons. The molecular formula is C20H31N3O2S. The number of hydrogen-bond acceptors (Lipinski definition) is 5. The van der Waals surface area contributed by atoms with E-state index in [1.807, 2.05) is 6.92 Å². The van der Waals surface area contributed by atoms with Crippen LogP contribution in [0.2, 0.25) is 0 Å². The van der Waals surface area contributed by atoms with Gasteiger partial charge in [0.05, 0.1) is 11.7 Å². The molecule has 0 saturated heterocycles. The molecule has 0 aromatic carbocycles. The fourth-order valence-electron chi connectivity index (χ4n) is 3.56. The molecule has 1 N–H and O–H groups in total. The van der Waals surface area contributed by atoms with E-state index in [0.29, 0.717) is 12.0 Å². The Morgan fingerprint density at radius 3 is 3.08 bits per heavy atom. The molecule has 0 bridgehead atoms. The average molecular weight is 378 g/mol. The van der Waals surface area contributed by atoms with Gasteiger partial charge in [0, 0.05) is 30.7 Å². The lowest BCUT2D eigenvalue weighted by Gasteiger charge is -2.23. The van der Waals surface area contributed by atoms with Gasteiger partial charge in [0.1, 0.15) is 4.83 Å². The van der Waals surface area contributed by atoms with Gasteiger partial charge >= 0.3 is 0 Å². The minimum absolute atomic E-state index is 0.149. The number of rotatable bonds is 9. The second-order valence-electron chi connectivity index (χ2n) is 7.55. The normalized spacial score (nSPS) is 17.2. The van der Waals surface area contributed by atoms with Crippen LogP contribution in [0.15, 0.2) is 11.1 Å². The second-order valence-corrected chi connectivity index (χ2v) is 8.64. The summed E-state index contributed by atoms with van der Waals surface area (Å²) in [7, 11) is 0. The van der Waals surface area contributed by atoms with Gasteiger partial charge < -0.3 is 10.1 Å². The highest BCUT2D eigenvalue weighted by molar-refractivity contribution is 7.18. The van der Waals surface area contributed by atoms with Crippen molar-refractivity contribution in [1.29, 1.82) is 0 Å². The van der Waals surface area contributed by atoms with Crippen LogP contribution in [0.25, 0.3) is 10.2 Å². The molecule has 0 amide bonds. The van der Waals surface area contributed by atoms with Gasteiger partial charge in [0.2, 0.25) is 0 Å². The molecule has 26 heavy (non-hydrogen) atoms. The Morgan fingerprint density at radius 1 is 1.46 bits per heavy atom. The van der Waals surface area contributed by atoms with E-state index >= 15 is 0 Å². The van der Waals surface area contributed by atoms with Crippen molar-refractivity contribution < 1.29 is 4.74 Å². The quantitative estimate of drug-likeness (QED) is 0.681. The molecule has 1 atom stereocenters. The number of nitrogens with one attached hydrogen (secondary N) is 1. The summed E-state index contributed by atoms with van der Waals surface area (Å²) in [5, 5.41) is 4.53. The topological polar surface area (TPSA) is 56.1 Å². The average Bonchev–Trinajstić information content (AvgIpc) is 2.99.